The molecule has 4 atom stereocenters. The summed E-state index contributed by atoms with van der Waals surface area (Å²) < 4.78 is 20.7. The first-order chi connectivity index (χ1) is 10.1. The maximum Gasteiger partial charge on any atom is 0.330 e. The molecule has 5 N–H and O–H groups in total. The normalized spacial score (nSPS) is 34.9. The molecule has 0 bridgehead atoms. The van der Waals surface area contributed by atoms with E-state index < -0.39 is 41.8 Å². The van der Waals surface area contributed by atoms with Crippen molar-refractivity contribution in [1.82, 2.24) is 9.55 Å². The van der Waals surface area contributed by atoms with Crippen molar-refractivity contribution in [2.75, 3.05) is 6.56 Å². The molecule has 2 rings (SSSR count). The van der Waals surface area contributed by atoms with Crippen LogP contribution in [0.25, 0.3) is 0 Å². The van der Waals surface area contributed by atoms with Crippen molar-refractivity contribution in [3.05, 3.63) is 33.1 Å². The van der Waals surface area contributed by atoms with Gasteiger partial charge in [0.2, 0.25) is 0 Å². The first-order valence-electron chi connectivity index (χ1n) is 6.71. The van der Waals surface area contributed by atoms with E-state index in [9.17, 15) is 19.8 Å². The third kappa shape index (κ3) is 2.17. The van der Waals surface area contributed by atoms with Crippen LogP contribution in [0.5, 0.6) is 0 Å². The Labute approximate surface area is 116 Å². The highest BCUT2D eigenvalue weighted by atomic mass is 16.5. The quantitative estimate of drug-likeness (QED) is 0.444. The molecule has 1 aromatic rings. The van der Waals surface area contributed by atoms with E-state index >= 15 is 0 Å². The van der Waals surface area contributed by atoms with Gasteiger partial charge in [0, 0.05) is 12.3 Å². The highest BCUT2D eigenvalue weighted by Crippen LogP contribution is 2.35. The summed E-state index contributed by atoms with van der Waals surface area (Å²) >= 11 is 0. The van der Waals surface area contributed by atoms with Gasteiger partial charge in [0.1, 0.15) is 12.2 Å². The Bertz CT molecular complexity index is 744. The molecule has 0 saturated carbocycles. The topological polar surface area (TPSA) is 131 Å². The number of aromatic nitrogens is 2. The molecule has 0 spiro atoms. The summed E-state index contributed by atoms with van der Waals surface area (Å²) in [7, 11) is 0. The third-order valence-corrected chi connectivity index (χ3v) is 3.03. The molecule has 108 valence electrons. The van der Waals surface area contributed by atoms with Crippen molar-refractivity contribution >= 4 is 0 Å². The van der Waals surface area contributed by atoms with Crippen LogP contribution in [0.3, 0.4) is 0 Å². The Morgan fingerprint density at radius 3 is 2.95 bits per heavy atom. The summed E-state index contributed by atoms with van der Waals surface area (Å²) in [6, 6.07) is 1.04. The minimum absolute atomic E-state index is 0.641. The van der Waals surface area contributed by atoms with E-state index in [1.165, 1.54) is 6.92 Å². The lowest BCUT2D eigenvalue weighted by atomic mass is 9.91. The van der Waals surface area contributed by atoms with Gasteiger partial charge in [0.15, 0.2) is 11.8 Å². The van der Waals surface area contributed by atoms with Crippen molar-refractivity contribution in [2.24, 2.45) is 5.73 Å². The second-order valence-corrected chi connectivity index (χ2v) is 4.31. The number of rotatable bonds is 2. The van der Waals surface area contributed by atoms with Gasteiger partial charge in [-0.1, -0.05) is 5.92 Å². The molecule has 1 unspecified atom stereocenters. The number of nitrogens with one attached hydrogen (secondary N) is 1. The zero-order valence-electron chi connectivity index (χ0n) is 12.5. The Balaban J connectivity index is 2.59. The molecular weight excluding hydrogens is 266 g/mol. The van der Waals surface area contributed by atoms with Crippen LogP contribution < -0.4 is 17.0 Å². The fourth-order valence-corrected chi connectivity index (χ4v) is 2.08. The van der Waals surface area contributed by atoms with Gasteiger partial charge in [0.05, 0.1) is 9.30 Å². The lowest BCUT2D eigenvalue weighted by Crippen LogP contribution is -2.55. The molecule has 0 aliphatic carbocycles. The summed E-state index contributed by atoms with van der Waals surface area (Å²) in [5.74, 6) is 4.96. The van der Waals surface area contributed by atoms with Crippen LogP contribution in [0.4, 0.5) is 0 Å². The number of nitrogens with zero attached hydrogens (tertiary/aromatic N) is 1. The van der Waals surface area contributed by atoms with Gasteiger partial charge in [-0.3, -0.25) is 14.3 Å². The van der Waals surface area contributed by atoms with E-state index in [1.807, 2.05) is 4.98 Å². The molecule has 8 nitrogen and oxygen atoms in total. The molecule has 20 heavy (non-hydrogen) atoms. The first kappa shape index (κ1) is 11.9. The number of hydrogen-bond acceptors (Lipinski definition) is 6. The lowest BCUT2D eigenvalue weighted by Gasteiger charge is -2.27. The van der Waals surface area contributed by atoms with Crippen molar-refractivity contribution in [3.63, 3.8) is 0 Å². The van der Waals surface area contributed by atoms with E-state index in [2.05, 4.69) is 11.8 Å². The summed E-state index contributed by atoms with van der Waals surface area (Å²) in [5.41, 5.74) is 2.65. The Morgan fingerprint density at radius 2 is 2.40 bits per heavy atom. The fourth-order valence-electron chi connectivity index (χ4n) is 2.08. The molecule has 2 heterocycles. The smallest absolute Gasteiger partial charge is 0.330 e. The predicted octanol–water partition coefficient (Wildman–Crippen LogP) is -2.49. The Kier molecular flexibility index (Phi) is 3.10. The largest absolute Gasteiger partial charge is 0.394 e. The maximum absolute atomic E-state index is 11.9. The molecule has 0 radical (unpaired) electrons. The van der Waals surface area contributed by atoms with Gasteiger partial charge < -0.3 is 20.7 Å². The third-order valence-electron chi connectivity index (χ3n) is 3.03. The van der Waals surface area contributed by atoms with Gasteiger partial charge >= 0.3 is 5.69 Å². The van der Waals surface area contributed by atoms with Gasteiger partial charge in [-0.2, -0.15) is 0 Å². The van der Waals surface area contributed by atoms with Crippen LogP contribution in [-0.2, 0) is 4.74 Å². The highest BCUT2D eigenvalue weighted by molar-refractivity contribution is 5.25. The van der Waals surface area contributed by atoms with Crippen LogP contribution in [-0.4, -0.2) is 44.1 Å². The average molecular weight is 283 g/mol. The van der Waals surface area contributed by atoms with Crippen LogP contribution in [0.1, 0.15) is 15.9 Å². The number of hydrogen-bond donors (Lipinski definition) is 4. The van der Waals surface area contributed by atoms with Gasteiger partial charge in [0.25, 0.3) is 5.56 Å². The van der Waals surface area contributed by atoms with Crippen LogP contribution in [0, 0.1) is 11.8 Å². The number of nitrogens with two attached hydrogens (primary N) is 1. The SMILES string of the molecule is [2H]C([2H])(O)[C@H]1O[C@@H](n2ccc(=O)[nH]c2=O)C(N)(C#CC)[C@H]1O. The molecule has 1 aliphatic rings. The number of ether oxygens (including phenoxy) is 1. The Morgan fingerprint density at radius 1 is 1.70 bits per heavy atom. The van der Waals surface area contributed by atoms with Gasteiger partial charge in [-0.05, 0) is 6.92 Å². The van der Waals surface area contributed by atoms with Crippen molar-refractivity contribution in [1.29, 1.82) is 0 Å². The van der Waals surface area contributed by atoms with E-state index in [4.69, 9.17) is 13.2 Å². The fraction of sp³-hybridized carbons (Fsp3) is 0.500. The molecular formula is C12H15N3O5. The van der Waals surface area contributed by atoms with E-state index in [0.29, 0.717) is 0 Å². The molecule has 1 aliphatic heterocycles. The van der Waals surface area contributed by atoms with Crippen LogP contribution >= 0.6 is 0 Å². The molecule has 8 heteroatoms. The molecule has 0 amide bonds. The number of H-pyrrole nitrogens is 1. The number of aromatic amines is 1. The zero-order valence-corrected chi connectivity index (χ0v) is 10.5. The molecule has 1 fully saturated rings. The van der Waals surface area contributed by atoms with Crippen LogP contribution in [0.15, 0.2) is 21.9 Å². The van der Waals surface area contributed by atoms with E-state index in [0.717, 1.165) is 16.8 Å². The number of aliphatic hydroxyl groups excluding tert-OH is 1. The van der Waals surface area contributed by atoms with E-state index in [1.54, 1.807) is 0 Å². The predicted molar refractivity (Wildman–Crippen MR) is 68.7 cm³/mol. The first-order valence-corrected chi connectivity index (χ1v) is 5.71. The summed E-state index contributed by atoms with van der Waals surface area (Å²) in [6.07, 6.45) is -3.73. The van der Waals surface area contributed by atoms with Crippen molar-refractivity contribution < 1.29 is 17.7 Å². The maximum atomic E-state index is 11.9. The highest BCUT2D eigenvalue weighted by Gasteiger charge is 2.54. The van der Waals surface area contributed by atoms with E-state index in [-0.39, 0.29) is 0 Å². The lowest BCUT2D eigenvalue weighted by molar-refractivity contribution is -0.0477. The molecule has 1 aromatic heterocycles. The average Bonchev–Trinajstić information content (AvgIpc) is 2.63. The van der Waals surface area contributed by atoms with Crippen molar-refractivity contribution in [3.8, 4) is 11.8 Å². The summed E-state index contributed by atoms with van der Waals surface area (Å²) in [6.45, 7) is -1.46. The minimum Gasteiger partial charge on any atom is -0.394 e. The summed E-state index contributed by atoms with van der Waals surface area (Å²) in [4.78, 5) is 25.0. The standard InChI is InChI=1S/C12H15N3O5/c1-2-4-12(13)9(18)7(6-16)20-10(12)15-5-3-8(17)14-11(15)19/h3,5,7,9-10,16,18H,6,13H2,1H3,(H,14,17,19)/t7-,9+,10-,12?/m1/s1/i6D2. The molecule has 1 saturated heterocycles. The molecule has 0 aromatic carbocycles. The minimum atomic E-state index is -2.90. The summed E-state index contributed by atoms with van der Waals surface area (Å²) in [5, 5.41) is 19.7. The van der Waals surface area contributed by atoms with Crippen molar-refractivity contribution in [2.45, 2.75) is 30.9 Å². The van der Waals surface area contributed by atoms with Gasteiger partial charge in [-0.25, -0.2) is 4.79 Å². The second-order valence-electron chi connectivity index (χ2n) is 4.31. The number of aliphatic hydroxyl groups is 2. The zero-order chi connectivity index (χ0) is 16.7. The van der Waals surface area contributed by atoms with Crippen LogP contribution in [0.2, 0.25) is 0 Å². The Hall–Kier alpha value is -1.92. The van der Waals surface area contributed by atoms with Gasteiger partial charge in [-0.15, -0.1) is 5.92 Å². The monoisotopic (exact) mass is 283 g/mol. The second kappa shape index (κ2) is 5.22.